The summed E-state index contributed by atoms with van der Waals surface area (Å²) in [7, 11) is 0. The number of ether oxygens (including phenoxy) is 1. The first-order valence-corrected chi connectivity index (χ1v) is 11.0. The van der Waals surface area contributed by atoms with Crippen LogP contribution in [0.3, 0.4) is 0 Å². The second kappa shape index (κ2) is 11.4. The van der Waals surface area contributed by atoms with Crippen molar-refractivity contribution in [2.75, 3.05) is 56.1 Å². The van der Waals surface area contributed by atoms with Crippen molar-refractivity contribution in [1.82, 2.24) is 10.2 Å². The van der Waals surface area contributed by atoms with Crippen LogP contribution in [-0.4, -0.2) is 67.1 Å². The molecule has 0 radical (unpaired) electrons. The summed E-state index contributed by atoms with van der Waals surface area (Å²) in [5.41, 5.74) is 2.08. The van der Waals surface area contributed by atoms with Crippen molar-refractivity contribution in [1.29, 1.82) is 0 Å². The Hall–Kier alpha value is -2.06. The molecule has 3 rings (SSSR count). The van der Waals surface area contributed by atoms with E-state index in [0.717, 1.165) is 49.2 Å². The summed E-state index contributed by atoms with van der Waals surface area (Å²) in [6, 6.07) is 15.5. The average molecular weight is 449 g/mol. The average Bonchev–Trinajstić information content (AvgIpc) is 2.75. The Morgan fingerprint density at radius 3 is 2.40 bits per heavy atom. The topological polar surface area (TPSA) is 60.0 Å². The van der Waals surface area contributed by atoms with Gasteiger partial charge in [-0.25, -0.2) is 0 Å². The van der Waals surface area contributed by atoms with Crippen molar-refractivity contribution in [2.24, 2.45) is 0 Å². The summed E-state index contributed by atoms with van der Waals surface area (Å²) in [4.78, 5) is 4.61. The molecule has 30 heavy (non-hydrogen) atoms. The van der Waals surface area contributed by atoms with Crippen LogP contribution in [0.1, 0.15) is 6.92 Å². The van der Waals surface area contributed by atoms with Crippen molar-refractivity contribution in [3.05, 3.63) is 53.6 Å². The van der Waals surface area contributed by atoms with Gasteiger partial charge in [-0.2, -0.15) is 0 Å². The van der Waals surface area contributed by atoms with E-state index in [1.165, 1.54) is 5.69 Å². The van der Waals surface area contributed by atoms with Gasteiger partial charge in [-0.1, -0.05) is 11.6 Å². The van der Waals surface area contributed by atoms with Crippen LogP contribution < -0.4 is 20.3 Å². The summed E-state index contributed by atoms with van der Waals surface area (Å²) in [5, 5.41) is 17.9. The van der Waals surface area contributed by atoms with Gasteiger partial charge in [0.05, 0.1) is 0 Å². The van der Waals surface area contributed by atoms with Gasteiger partial charge in [-0.05, 0) is 67.7 Å². The fourth-order valence-corrected chi connectivity index (χ4v) is 3.74. The molecule has 3 N–H and O–H groups in total. The molecule has 0 spiro atoms. The first-order chi connectivity index (χ1) is 14.5. The smallest absolute Gasteiger partial charge is 0.170 e. The molecule has 0 amide bonds. The zero-order valence-corrected chi connectivity index (χ0v) is 18.8. The molecule has 2 aromatic carbocycles. The molecule has 2 aromatic rings. The maximum atomic E-state index is 10.4. The molecule has 6 nitrogen and oxygen atoms in total. The van der Waals surface area contributed by atoms with Gasteiger partial charge in [0.2, 0.25) is 0 Å². The molecule has 0 bridgehead atoms. The number of nitrogens with one attached hydrogen (secondary N) is 2. The molecule has 0 saturated carbocycles. The number of halogens is 1. The van der Waals surface area contributed by atoms with Crippen LogP contribution >= 0.6 is 23.8 Å². The lowest BCUT2D eigenvalue weighted by Crippen LogP contribution is -2.49. The predicted octanol–water partition coefficient (Wildman–Crippen LogP) is 3.21. The predicted molar refractivity (Wildman–Crippen MR) is 128 cm³/mol. The Kier molecular flexibility index (Phi) is 8.57. The number of aliphatic hydroxyl groups excluding tert-OH is 1. The number of β-amino-alcohol motifs (C(OH)–C–C–N with tert-alkyl or cyclic N) is 1. The largest absolute Gasteiger partial charge is 0.491 e. The molecule has 1 atom stereocenters. The molecule has 1 heterocycles. The summed E-state index contributed by atoms with van der Waals surface area (Å²) in [6.07, 6.45) is -0.536. The van der Waals surface area contributed by atoms with Gasteiger partial charge in [0, 0.05) is 55.7 Å². The Balaban J connectivity index is 1.37. The zero-order chi connectivity index (χ0) is 21.3. The fraction of sp³-hybridized carbons (Fsp3) is 0.409. The van der Waals surface area contributed by atoms with E-state index in [-0.39, 0.29) is 6.61 Å². The van der Waals surface area contributed by atoms with Gasteiger partial charge in [0.25, 0.3) is 0 Å². The number of thiocarbonyl (C=S) groups is 1. The molecule has 0 aromatic heterocycles. The number of nitrogens with zero attached hydrogens (tertiary/aromatic N) is 2. The van der Waals surface area contributed by atoms with Crippen LogP contribution in [-0.2, 0) is 0 Å². The van der Waals surface area contributed by atoms with Crippen LogP contribution in [0.4, 0.5) is 11.4 Å². The molecule has 0 aliphatic carbocycles. The van der Waals surface area contributed by atoms with E-state index in [1.54, 1.807) is 0 Å². The van der Waals surface area contributed by atoms with E-state index < -0.39 is 6.10 Å². The maximum absolute atomic E-state index is 10.4. The normalized spacial score (nSPS) is 15.5. The van der Waals surface area contributed by atoms with Crippen LogP contribution in [0, 0.1) is 0 Å². The molecule has 1 aliphatic heterocycles. The quantitative estimate of drug-likeness (QED) is 0.536. The lowest BCUT2D eigenvalue weighted by Gasteiger charge is -2.36. The molecule has 1 saturated heterocycles. The number of piperazine rings is 1. The number of hydrogen-bond donors (Lipinski definition) is 3. The first-order valence-electron chi connectivity index (χ1n) is 10.2. The second-order valence-electron chi connectivity index (χ2n) is 7.24. The third-order valence-electron chi connectivity index (χ3n) is 4.92. The van der Waals surface area contributed by atoms with Crippen molar-refractivity contribution >= 4 is 40.3 Å². The molecule has 8 heteroatoms. The summed E-state index contributed by atoms with van der Waals surface area (Å²) < 4.78 is 5.74. The first kappa shape index (κ1) is 22.6. The number of hydrogen-bond acceptors (Lipinski definition) is 5. The highest BCUT2D eigenvalue weighted by molar-refractivity contribution is 7.80. The minimum atomic E-state index is -0.536. The van der Waals surface area contributed by atoms with Crippen molar-refractivity contribution in [3.8, 4) is 5.75 Å². The number of anilines is 2. The van der Waals surface area contributed by atoms with Crippen molar-refractivity contribution in [3.63, 3.8) is 0 Å². The van der Waals surface area contributed by atoms with Gasteiger partial charge < -0.3 is 25.4 Å². The molecule has 162 valence electrons. The van der Waals surface area contributed by atoms with Crippen molar-refractivity contribution < 1.29 is 9.84 Å². The van der Waals surface area contributed by atoms with Crippen LogP contribution in [0.2, 0.25) is 5.02 Å². The summed E-state index contributed by atoms with van der Waals surface area (Å²) in [6.45, 7) is 7.32. The molecule has 1 aliphatic rings. The van der Waals surface area contributed by atoms with Gasteiger partial charge in [0.1, 0.15) is 18.5 Å². The summed E-state index contributed by atoms with van der Waals surface area (Å²) >= 11 is 11.1. The van der Waals surface area contributed by atoms with E-state index in [9.17, 15) is 5.11 Å². The third kappa shape index (κ3) is 7.02. The molecule has 1 fully saturated rings. The molecular weight excluding hydrogens is 420 g/mol. The Morgan fingerprint density at radius 2 is 1.77 bits per heavy atom. The van der Waals surface area contributed by atoms with Crippen LogP contribution in [0.25, 0.3) is 0 Å². The standard InChI is InChI=1S/C22H29ClN4O2S/c1-2-24-22(30)25-18-5-9-21(10-6-18)29-16-20(28)15-26-11-13-27(14-12-26)19-7-3-17(23)4-8-19/h3-10,20,28H,2,11-16H2,1H3,(H2,24,25,30)/t20-/m0/s1. The van der Waals surface area contributed by atoms with E-state index in [4.69, 9.17) is 28.6 Å². The van der Waals surface area contributed by atoms with Gasteiger partial charge >= 0.3 is 0 Å². The highest BCUT2D eigenvalue weighted by Gasteiger charge is 2.19. The van der Waals surface area contributed by atoms with E-state index in [1.807, 2.05) is 43.3 Å². The van der Waals surface area contributed by atoms with E-state index in [2.05, 4.69) is 32.6 Å². The van der Waals surface area contributed by atoms with E-state index in [0.29, 0.717) is 11.7 Å². The monoisotopic (exact) mass is 448 g/mol. The fourth-order valence-electron chi connectivity index (χ4n) is 3.35. The van der Waals surface area contributed by atoms with Gasteiger partial charge in [-0.15, -0.1) is 0 Å². The van der Waals surface area contributed by atoms with Gasteiger partial charge in [-0.3, -0.25) is 4.90 Å². The third-order valence-corrected chi connectivity index (χ3v) is 5.42. The summed E-state index contributed by atoms with van der Waals surface area (Å²) in [5.74, 6) is 0.724. The number of benzene rings is 2. The minimum Gasteiger partial charge on any atom is -0.491 e. The zero-order valence-electron chi connectivity index (χ0n) is 17.2. The molecular formula is C22H29ClN4O2S. The van der Waals surface area contributed by atoms with Gasteiger partial charge in [0.15, 0.2) is 5.11 Å². The SMILES string of the molecule is CCNC(=S)Nc1ccc(OC[C@@H](O)CN2CCN(c3ccc(Cl)cc3)CC2)cc1. The van der Waals surface area contributed by atoms with Crippen LogP contribution in [0.5, 0.6) is 5.75 Å². The second-order valence-corrected chi connectivity index (χ2v) is 8.08. The lowest BCUT2D eigenvalue weighted by atomic mass is 10.2. The highest BCUT2D eigenvalue weighted by atomic mass is 35.5. The van der Waals surface area contributed by atoms with Crippen molar-refractivity contribution in [2.45, 2.75) is 13.0 Å². The maximum Gasteiger partial charge on any atom is 0.170 e. The van der Waals surface area contributed by atoms with E-state index >= 15 is 0 Å². The Bertz CT molecular complexity index is 796. The Labute approximate surface area is 188 Å². The number of rotatable bonds is 8. The number of aliphatic hydroxyl groups is 1. The lowest BCUT2D eigenvalue weighted by molar-refractivity contribution is 0.0663. The molecule has 0 unspecified atom stereocenters. The Morgan fingerprint density at radius 1 is 1.10 bits per heavy atom. The highest BCUT2D eigenvalue weighted by Crippen LogP contribution is 2.20. The van der Waals surface area contributed by atoms with Crippen LogP contribution in [0.15, 0.2) is 48.5 Å². The minimum absolute atomic E-state index is 0.264.